The third-order valence-electron chi connectivity index (χ3n) is 6.47. The highest BCUT2D eigenvalue weighted by Gasteiger charge is 2.26. The van der Waals surface area contributed by atoms with Crippen LogP contribution in [0, 0.1) is 10.1 Å². The van der Waals surface area contributed by atoms with Crippen LogP contribution in [-0.4, -0.2) is 71.2 Å². The normalized spacial score (nSPS) is 15.0. The molecule has 3 aromatic carbocycles. The number of aliphatic hydroxyl groups excluding tert-OH is 1. The number of piperazine rings is 1. The number of carbonyl (C=O) groups excluding carboxylic acids is 1. The average molecular weight is 490 g/mol. The number of nitrogens with zero attached hydrogens (tertiary/aromatic N) is 3. The van der Waals surface area contributed by atoms with E-state index in [0.717, 1.165) is 11.1 Å². The second-order valence-electron chi connectivity index (χ2n) is 8.98. The summed E-state index contributed by atoms with van der Waals surface area (Å²) in [7, 11) is 0. The van der Waals surface area contributed by atoms with Crippen molar-refractivity contribution in [2.24, 2.45) is 0 Å². The van der Waals surface area contributed by atoms with Gasteiger partial charge in [-0.2, -0.15) is 0 Å². The number of non-ortho nitro benzene ring substituents is 1. The monoisotopic (exact) mass is 489 g/mol. The van der Waals surface area contributed by atoms with Crippen LogP contribution in [0.1, 0.15) is 23.5 Å². The van der Waals surface area contributed by atoms with Crippen LogP contribution >= 0.6 is 0 Å². The van der Waals surface area contributed by atoms with Crippen LogP contribution in [0.3, 0.4) is 0 Å². The van der Waals surface area contributed by atoms with E-state index in [1.807, 2.05) is 41.3 Å². The zero-order valence-corrected chi connectivity index (χ0v) is 20.1. The summed E-state index contributed by atoms with van der Waals surface area (Å²) in [5.41, 5.74) is 2.26. The molecule has 0 radical (unpaired) electrons. The number of benzene rings is 3. The zero-order valence-electron chi connectivity index (χ0n) is 20.1. The lowest BCUT2D eigenvalue weighted by atomic mass is 9.88. The van der Waals surface area contributed by atoms with Crippen molar-refractivity contribution in [2.75, 3.05) is 39.3 Å². The molecule has 1 N–H and O–H groups in total. The maximum Gasteiger partial charge on any atom is 0.269 e. The van der Waals surface area contributed by atoms with Gasteiger partial charge < -0.3 is 14.7 Å². The first-order valence-electron chi connectivity index (χ1n) is 12.1. The van der Waals surface area contributed by atoms with E-state index in [1.54, 1.807) is 0 Å². The smallest absolute Gasteiger partial charge is 0.269 e. The molecule has 1 aliphatic rings. The van der Waals surface area contributed by atoms with Crippen molar-refractivity contribution in [3.8, 4) is 5.75 Å². The SMILES string of the molecule is O=C(CC(c1ccccc1)c1ccccc1)N1CCN(CC(O)COc2ccc([N+](=O)[O-])cc2)CC1. The number of aliphatic hydroxyl groups is 1. The maximum absolute atomic E-state index is 13.2. The second kappa shape index (κ2) is 12.3. The third-order valence-corrected chi connectivity index (χ3v) is 6.47. The Morgan fingerprint density at radius 2 is 1.44 bits per heavy atom. The first-order valence-corrected chi connectivity index (χ1v) is 12.1. The fourth-order valence-corrected chi connectivity index (χ4v) is 4.49. The van der Waals surface area contributed by atoms with Crippen molar-refractivity contribution in [3.05, 3.63) is 106 Å². The van der Waals surface area contributed by atoms with Crippen LogP contribution in [0.15, 0.2) is 84.9 Å². The Hall–Kier alpha value is -3.75. The number of β-amino-alcohol motifs (C(OH)–C–C–N with tert-alkyl or cyclic N) is 1. The number of amides is 1. The largest absolute Gasteiger partial charge is 0.491 e. The number of hydrogen-bond donors (Lipinski definition) is 1. The lowest BCUT2D eigenvalue weighted by Gasteiger charge is -2.36. The molecule has 8 heteroatoms. The highest BCUT2D eigenvalue weighted by molar-refractivity contribution is 5.78. The van der Waals surface area contributed by atoms with Gasteiger partial charge in [0.1, 0.15) is 18.5 Å². The van der Waals surface area contributed by atoms with E-state index in [2.05, 4.69) is 29.2 Å². The van der Waals surface area contributed by atoms with Crippen LogP contribution in [0.5, 0.6) is 5.75 Å². The molecule has 0 aliphatic carbocycles. The summed E-state index contributed by atoms with van der Waals surface area (Å²) in [4.78, 5) is 27.5. The van der Waals surface area contributed by atoms with Gasteiger partial charge in [-0.3, -0.25) is 19.8 Å². The van der Waals surface area contributed by atoms with Crippen LogP contribution in [0.4, 0.5) is 5.69 Å². The minimum absolute atomic E-state index is 0.00539. The van der Waals surface area contributed by atoms with Gasteiger partial charge in [-0.25, -0.2) is 0 Å². The molecule has 36 heavy (non-hydrogen) atoms. The molecule has 0 saturated carbocycles. The van der Waals surface area contributed by atoms with Crippen LogP contribution in [-0.2, 0) is 4.79 Å². The van der Waals surface area contributed by atoms with Crippen LogP contribution < -0.4 is 4.74 Å². The van der Waals surface area contributed by atoms with Crippen molar-refractivity contribution in [2.45, 2.75) is 18.4 Å². The molecule has 188 valence electrons. The molecule has 0 spiro atoms. The number of carbonyl (C=O) groups is 1. The molecule has 8 nitrogen and oxygen atoms in total. The predicted octanol–water partition coefficient (Wildman–Crippen LogP) is 3.70. The first kappa shape index (κ1) is 25.3. The van der Waals surface area contributed by atoms with Crippen LogP contribution in [0.25, 0.3) is 0 Å². The fraction of sp³-hybridized carbons (Fsp3) is 0.321. The number of hydrogen-bond acceptors (Lipinski definition) is 6. The van der Waals surface area contributed by atoms with E-state index >= 15 is 0 Å². The first-order chi connectivity index (χ1) is 17.5. The van der Waals surface area contributed by atoms with Crippen molar-refractivity contribution in [1.82, 2.24) is 9.80 Å². The van der Waals surface area contributed by atoms with Gasteiger partial charge in [0.15, 0.2) is 0 Å². The van der Waals surface area contributed by atoms with Crippen molar-refractivity contribution >= 4 is 11.6 Å². The summed E-state index contributed by atoms with van der Waals surface area (Å²) in [5, 5.41) is 21.1. The topological polar surface area (TPSA) is 96.2 Å². The highest BCUT2D eigenvalue weighted by atomic mass is 16.6. The Balaban J connectivity index is 1.25. The molecule has 1 saturated heterocycles. The van der Waals surface area contributed by atoms with E-state index in [9.17, 15) is 20.0 Å². The van der Waals surface area contributed by atoms with Gasteiger partial charge in [-0.15, -0.1) is 0 Å². The highest BCUT2D eigenvalue weighted by Crippen LogP contribution is 2.28. The van der Waals surface area contributed by atoms with E-state index < -0.39 is 11.0 Å². The standard InChI is InChI=1S/C28H31N3O5/c32-25(21-36-26-13-11-24(12-14-26)31(34)35)20-29-15-17-30(18-16-29)28(33)19-27(22-7-3-1-4-8-22)23-9-5-2-6-10-23/h1-14,25,27,32H,15-21H2. The lowest BCUT2D eigenvalue weighted by molar-refractivity contribution is -0.384. The molecule has 0 bridgehead atoms. The van der Waals surface area contributed by atoms with Crippen LogP contribution in [0.2, 0.25) is 0 Å². The Kier molecular flexibility index (Phi) is 8.65. The van der Waals surface area contributed by atoms with E-state index in [-0.39, 0.29) is 24.1 Å². The van der Waals surface area contributed by atoms with Crippen molar-refractivity contribution in [3.63, 3.8) is 0 Å². The quantitative estimate of drug-likeness (QED) is 0.345. The number of rotatable bonds is 10. The van der Waals surface area contributed by atoms with E-state index in [1.165, 1.54) is 24.3 Å². The Morgan fingerprint density at radius 3 is 1.97 bits per heavy atom. The molecule has 1 amide bonds. The average Bonchev–Trinajstić information content (AvgIpc) is 2.92. The Bertz CT molecular complexity index is 1080. The van der Waals surface area contributed by atoms with Crippen molar-refractivity contribution < 1.29 is 19.6 Å². The van der Waals surface area contributed by atoms with Gasteiger partial charge in [0, 0.05) is 57.2 Å². The molecular weight excluding hydrogens is 458 g/mol. The number of nitro groups is 1. The molecular formula is C28H31N3O5. The van der Waals surface area contributed by atoms with Gasteiger partial charge in [-0.05, 0) is 23.3 Å². The predicted molar refractivity (Wildman–Crippen MR) is 137 cm³/mol. The summed E-state index contributed by atoms with van der Waals surface area (Å²) >= 11 is 0. The molecule has 1 aliphatic heterocycles. The number of nitro benzene ring substituents is 1. The molecule has 3 aromatic rings. The molecule has 0 aromatic heterocycles. The van der Waals surface area contributed by atoms with Gasteiger partial charge in [-0.1, -0.05) is 60.7 Å². The molecule has 1 unspecified atom stereocenters. The summed E-state index contributed by atoms with van der Waals surface area (Å²) in [6.07, 6.45) is -0.289. The van der Waals surface area contributed by atoms with Gasteiger partial charge in [0.05, 0.1) is 4.92 Å². The summed E-state index contributed by atoms with van der Waals surface area (Å²) < 4.78 is 5.57. The minimum atomic E-state index is -0.706. The Morgan fingerprint density at radius 1 is 0.889 bits per heavy atom. The third kappa shape index (κ3) is 6.90. The van der Waals surface area contributed by atoms with Crippen molar-refractivity contribution in [1.29, 1.82) is 0 Å². The van der Waals surface area contributed by atoms with Gasteiger partial charge >= 0.3 is 0 Å². The molecule has 1 fully saturated rings. The fourth-order valence-electron chi connectivity index (χ4n) is 4.49. The molecule has 4 rings (SSSR count). The minimum Gasteiger partial charge on any atom is -0.491 e. The van der Waals surface area contributed by atoms with E-state index in [4.69, 9.17) is 4.74 Å². The Labute approximate surface area is 210 Å². The van der Waals surface area contributed by atoms with E-state index in [0.29, 0.717) is 44.9 Å². The zero-order chi connectivity index (χ0) is 25.3. The lowest BCUT2D eigenvalue weighted by Crippen LogP contribution is -2.51. The molecule has 1 atom stereocenters. The summed E-state index contributed by atoms with van der Waals surface area (Å²) in [5.74, 6) is 0.618. The van der Waals surface area contributed by atoms with Gasteiger partial charge in [0.2, 0.25) is 5.91 Å². The summed E-state index contributed by atoms with van der Waals surface area (Å²) in [6, 6.07) is 26.1. The maximum atomic E-state index is 13.2. The molecule has 1 heterocycles. The second-order valence-corrected chi connectivity index (χ2v) is 8.98. The summed E-state index contributed by atoms with van der Waals surface area (Å²) in [6.45, 7) is 3.12. The van der Waals surface area contributed by atoms with Gasteiger partial charge in [0.25, 0.3) is 5.69 Å². The number of ether oxygens (including phenoxy) is 1.